The van der Waals surface area contributed by atoms with Crippen LogP contribution in [0.25, 0.3) is 0 Å². The average molecular weight is 336 g/mol. The summed E-state index contributed by atoms with van der Waals surface area (Å²) in [4.78, 5) is 10.5. The van der Waals surface area contributed by atoms with Crippen LogP contribution in [0.2, 0.25) is 0 Å². The molecule has 0 amide bonds. The number of aliphatic imine (C=N–C) groups is 2. The molecular weight excluding hydrogens is 312 g/mol. The number of hydrogen-bond donors (Lipinski definition) is 3. The highest BCUT2D eigenvalue weighted by atomic mass is 15.1. The van der Waals surface area contributed by atoms with Gasteiger partial charge < -0.3 is 16.0 Å². The summed E-state index contributed by atoms with van der Waals surface area (Å²) in [6, 6.07) is 6.34. The summed E-state index contributed by atoms with van der Waals surface area (Å²) < 4.78 is 0. The van der Waals surface area contributed by atoms with E-state index in [-0.39, 0.29) is 5.84 Å². The molecule has 1 aromatic carbocycles. The lowest BCUT2D eigenvalue weighted by Crippen LogP contribution is -2.26. The van der Waals surface area contributed by atoms with Gasteiger partial charge in [-0.2, -0.15) is 0 Å². The maximum Gasteiger partial charge on any atom is 0.226 e. The molecule has 25 heavy (non-hydrogen) atoms. The molecule has 1 aliphatic heterocycles. The lowest BCUT2D eigenvalue weighted by atomic mass is 9.99. The van der Waals surface area contributed by atoms with E-state index >= 15 is 0 Å². The first-order valence-corrected chi connectivity index (χ1v) is 8.04. The highest BCUT2D eigenvalue weighted by molar-refractivity contribution is 5.96. The van der Waals surface area contributed by atoms with Gasteiger partial charge in [0.15, 0.2) is 0 Å². The summed E-state index contributed by atoms with van der Waals surface area (Å²) in [6.45, 7) is 5.61. The molecule has 0 aliphatic carbocycles. The van der Waals surface area contributed by atoms with Crippen molar-refractivity contribution in [3.8, 4) is 0 Å². The predicted molar refractivity (Wildman–Crippen MR) is 106 cm³/mol. The van der Waals surface area contributed by atoms with E-state index in [4.69, 9.17) is 11.1 Å². The molecular formula is C19H24N6. The van der Waals surface area contributed by atoms with Crippen LogP contribution in [0.15, 0.2) is 64.8 Å². The van der Waals surface area contributed by atoms with Gasteiger partial charge in [0.1, 0.15) is 5.84 Å². The SMILES string of the molecule is C=NC(=N\C=C/C=C/C=C\C(=N)N)Nc1ccc2c(c1)CN(C)CC2. The molecule has 1 heterocycles. The molecule has 6 nitrogen and oxygen atoms in total. The molecule has 0 saturated heterocycles. The number of guanidine groups is 1. The second-order valence-electron chi connectivity index (χ2n) is 5.75. The first-order valence-electron chi connectivity index (χ1n) is 8.04. The Labute approximate surface area is 148 Å². The molecule has 0 fully saturated rings. The van der Waals surface area contributed by atoms with E-state index < -0.39 is 0 Å². The summed E-state index contributed by atoms with van der Waals surface area (Å²) in [5.74, 6) is 0.457. The molecule has 0 saturated carbocycles. The zero-order valence-electron chi connectivity index (χ0n) is 14.4. The van der Waals surface area contributed by atoms with E-state index in [0.29, 0.717) is 5.96 Å². The Morgan fingerprint density at radius 2 is 2.08 bits per heavy atom. The van der Waals surface area contributed by atoms with Crippen molar-refractivity contribution in [3.63, 3.8) is 0 Å². The third kappa shape index (κ3) is 6.19. The number of amidine groups is 1. The van der Waals surface area contributed by atoms with Gasteiger partial charge in [0.2, 0.25) is 5.96 Å². The van der Waals surface area contributed by atoms with Gasteiger partial charge in [0, 0.05) is 25.0 Å². The molecule has 2 rings (SSSR count). The number of benzene rings is 1. The van der Waals surface area contributed by atoms with Crippen LogP contribution in [0.4, 0.5) is 5.69 Å². The highest BCUT2D eigenvalue weighted by Crippen LogP contribution is 2.21. The molecule has 0 spiro atoms. The zero-order valence-corrected chi connectivity index (χ0v) is 14.4. The fourth-order valence-corrected chi connectivity index (χ4v) is 2.47. The molecule has 130 valence electrons. The van der Waals surface area contributed by atoms with Crippen molar-refractivity contribution in [2.75, 3.05) is 18.9 Å². The molecule has 6 heteroatoms. The minimum Gasteiger partial charge on any atom is -0.384 e. The third-order valence-electron chi connectivity index (χ3n) is 3.71. The Morgan fingerprint density at radius 3 is 2.84 bits per heavy atom. The van der Waals surface area contributed by atoms with Crippen molar-refractivity contribution in [2.24, 2.45) is 15.7 Å². The third-order valence-corrected chi connectivity index (χ3v) is 3.71. The fourth-order valence-electron chi connectivity index (χ4n) is 2.47. The minimum absolute atomic E-state index is 0.0187. The van der Waals surface area contributed by atoms with E-state index in [9.17, 15) is 0 Å². The molecule has 0 aromatic heterocycles. The van der Waals surface area contributed by atoms with Crippen molar-refractivity contribution < 1.29 is 0 Å². The summed E-state index contributed by atoms with van der Waals surface area (Å²) in [5.41, 5.74) is 8.89. The molecule has 1 aromatic rings. The number of nitrogens with two attached hydrogens (primary N) is 1. The molecule has 0 bridgehead atoms. The van der Waals surface area contributed by atoms with Crippen molar-refractivity contribution >= 4 is 24.2 Å². The zero-order chi connectivity index (χ0) is 18.1. The maximum atomic E-state index is 7.06. The van der Waals surface area contributed by atoms with Crippen LogP contribution < -0.4 is 11.1 Å². The predicted octanol–water partition coefficient (Wildman–Crippen LogP) is 2.71. The van der Waals surface area contributed by atoms with Gasteiger partial charge in [0.25, 0.3) is 0 Å². The van der Waals surface area contributed by atoms with E-state index in [0.717, 1.165) is 25.2 Å². The minimum atomic E-state index is 0.0187. The van der Waals surface area contributed by atoms with Gasteiger partial charge >= 0.3 is 0 Å². The molecule has 4 N–H and O–H groups in total. The first kappa shape index (κ1) is 18.4. The van der Waals surface area contributed by atoms with E-state index in [1.165, 1.54) is 17.2 Å². The highest BCUT2D eigenvalue weighted by Gasteiger charge is 2.13. The summed E-state index contributed by atoms with van der Waals surface area (Å²) in [6.07, 6.45) is 11.2. The second kappa shape index (κ2) is 9.34. The summed E-state index contributed by atoms with van der Waals surface area (Å²) in [5, 5.41) is 10.2. The molecule has 0 unspecified atom stereocenters. The maximum absolute atomic E-state index is 7.06. The number of anilines is 1. The van der Waals surface area contributed by atoms with Gasteiger partial charge in [-0.1, -0.05) is 24.3 Å². The number of nitrogens with one attached hydrogen (secondary N) is 2. The van der Waals surface area contributed by atoms with Gasteiger partial charge in [0.05, 0.1) is 0 Å². The van der Waals surface area contributed by atoms with Crippen molar-refractivity contribution in [2.45, 2.75) is 13.0 Å². The van der Waals surface area contributed by atoms with Crippen LogP contribution in [0, 0.1) is 5.41 Å². The smallest absolute Gasteiger partial charge is 0.226 e. The van der Waals surface area contributed by atoms with Gasteiger partial charge in [-0.05, 0) is 55.6 Å². The van der Waals surface area contributed by atoms with E-state index in [1.54, 1.807) is 30.5 Å². The number of likely N-dealkylation sites (N-methyl/N-ethyl adjacent to an activating group) is 1. The Morgan fingerprint density at radius 1 is 1.28 bits per heavy atom. The monoisotopic (exact) mass is 336 g/mol. The molecule has 0 atom stereocenters. The lowest BCUT2D eigenvalue weighted by molar-refractivity contribution is 0.313. The Hall–Kier alpha value is -2.99. The Bertz CT molecular complexity index is 742. The topological polar surface area (TPSA) is 89.9 Å². The average Bonchev–Trinajstić information content (AvgIpc) is 2.59. The van der Waals surface area contributed by atoms with Crippen LogP contribution in [0.5, 0.6) is 0 Å². The van der Waals surface area contributed by atoms with Crippen LogP contribution in [0.1, 0.15) is 11.1 Å². The fraction of sp³-hybridized carbons (Fsp3) is 0.211. The number of nitrogens with zero attached hydrogens (tertiary/aromatic N) is 3. The van der Waals surface area contributed by atoms with Crippen LogP contribution >= 0.6 is 0 Å². The van der Waals surface area contributed by atoms with Crippen molar-refractivity contribution in [3.05, 3.63) is 65.9 Å². The van der Waals surface area contributed by atoms with Crippen LogP contribution in [-0.4, -0.2) is 37.0 Å². The number of allylic oxidation sites excluding steroid dienone is 4. The van der Waals surface area contributed by atoms with Crippen molar-refractivity contribution in [1.29, 1.82) is 5.41 Å². The van der Waals surface area contributed by atoms with Gasteiger partial charge in [-0.3, -0.25) is 5.41 Å². The second-order valence-corrected chi connectivity index (χ2v) is 5.75. The Kier molecular flexibility index (Phi) is 6.86. The van der Waals surface area contributed by atoms with Crippen LogP contribution in [0.3, 0.4) is 0 Å². The van der Waals surface area contributed by atoms with E-state index in [1.807, 2.05) is 6.07 Å². The molecule has 1 aliphatic rings. The van der Waals surface area contributed by atoms with E-state index in [2.05, 4.69) is 46.1 Å². The largest absolute Gasteiger partial charge is 0.384 e. The lowest BCUT2D eigenvalue weighted by Gasteiger charge is -2.25. The standard InChI is InChI=1S/C19H24N6/c1-22-19(23-11-6-4-3-5-7-18(20)21)24-17-9-8-15-10-12-25(2)14-16(15)13-17/h3-9,11,13H,1,10,12,14H2,2H3,(H3,20,21)(H,23,24)/b4-3+,7-5-,11-6-. The Balaban J connectivity index is 1.98. The summed E-state index contributed by atoms with van der Waals surface area (Å²) >= 11 is 0. The number of rotatable bonds is 5. The normalized spacial score (nSPS) is 15.8. The summed E-state index contributed by atoms with van der Waals surface area (Å²) in [7, 11) is 2.13. The van der Waals surface area contributed by atoms with Gasteiger partial charge in [-0.25, -0.2) is 9.98 Å². The quantitative estimate of drug-likeness (QED) is 0.439. The van der Waals surface area contributed by atoms with Gasteiger partial charge in [-0.15, -0.1) is 0 Å². The molecule has 0 radical (unpaired) electrons. The van der Waals surface area contributed by atoms with Crippen LogP contribution in [-0.2, 0) is 13.0 Å². The number of fused-ring (bicyclic) bond motifs is 1. The first-order chi connectivity index (χ1) is 12.1. The number of hydrogen-bond acceptors (Lipinski definition) is 3. The van der Waals surface area contributed by atoms with Crippen molar-refractivity contribution in [1.82, 2.24) is 4.90 Å².